The largest absolute Gasteiger partial charge is 0.354 e. The fourth-order valence-electron chi connectivity index (χ4n) is 2.30. The van der Waals surface area contributed by atoms with Crippen LogP contribution in [0.1, 0.15) is 5.56 Å². The Labute approximate surface area is 188 Å². The van der Waals surface area contributed by atoms with Crippen molar-refractivity contribution in [1.29, 1.82) is 0 Å². The molecule has 2 rings (SSSR count). The predicted molar refractivity (Wildman–Crippen MR) is 122 cm³/mol. The Morgan fingerprint density at radius 1 is 1.18 bits per heavy atom. The van der Waals surface area contributed by atoms with Crippen molar-refractivity contribution in [3.63, 3.8) is 0 Å². The van der Waals surface area contributed by atoms with Gasteiger partial charge < -0.3 is 5.32 Å². The molecule has 28 heavy (non-hydrogen) atoms. The molecule has 0 bridgehead atoms. The van der Waals surface area contributed by atoms with Gasteiger partial charge in [-0.3, -0.25) is 9.10 Å². The van der Waals surface area contributed by atoms with Crippen LogP contribution in [0.4, 0.5) is 5.69 Å². The van der Waals surface area contributed by atoms with E-state index in [0.29, 0.717) is 32.5 Å². The molecule has 0 heterocycles. The normalized spacial score (nSPS) is 11.3. The number of carbonyl (C=O) groups excluding carboxylic acids is 1. The van der Waals surface area contributed by atoms with Crippen molar-refractivity contribution in [2.45, 2.75) is 5.75 Å². The van der Waals surface area contributed by atoms with Crippen molar-refractivity contribution in [3.8, 4) is 0 Å². The highest BCUT2D eigenvalue weighted by Crippen LogP contribution is 2.27. The van der Waals surface area contributed by atoms with Crippen molar-refractivity contribution in [3.05, 3.63) is 62.5 Å². The third-order valence-corrected chi connectivity index (χ3v) is 7.20. The summed E-state index contributed by atoms with van der Waals surface area (Å²) in [6.07, 6.45) is 1.08. The van der Waals surface area contributed by atoms with Gasteiger partial charge in [0.15, 0.2) is 0 Å². The summed E-state index contributed by atoms with van der Waals surface area (Å²) in [5.74, 6) is 1.05. The minimum atomic E-state index is -3.60. The first-order valence-electron chi connectivity index (χ1n) is 8.19. The smallest absolute Gasteiger partial charge is 0.240 e. The number of nitrogens with zero attached hydrogens (tertiary/aromatic N) is 1. The number of hydrogen-bond acceptors (Lipinski definition) is 4. The summed E-state index contributed by atoms with van der Waals surface area (Å²) in [5, 5.41) is 3.78. The van der Waals surface area contributed by atoms with Crippen LogP contribution in [0.5, 0.6) is 0 Å². The second-order valence-electron chi connectivity index (χ2n) is 5.87. The minimum absolute atomic E-state index is 0.279. The summed E-state index contributed by atoms with van der Waals surface area (Å²) in [4.78, 5) is 12.2. The first-order chi connectivity index (χ1) is 13.2. The average Bonchev–Trinajstić information content (AvgIpc) is 2.62. The van der Waals surface area contributed by atoms with Crippen molar-refractivity contribution in [2.24, 2.45) is 0 Å². The van der Waals surface area contributed by atoms with Gasteiger partial charge in [-0.2, -0.15) is 11.8 Å². The summed E-state index contributed by atoms with van der Waals surface area (Å²) in [6.45, 7) is 0.150. The molecule has 0 fully saturated rings. The molecule has 0 saturated carbocycles. The Morgan fingerprint density at radius 3 is 2.54 bits per heavy atom. The lowest BCUT2D eigenvalue weighted by Crippen LogP contribution is -2.41. The summed E-state index contributed by atoms with van der Waals surface area (Å²) in [5.41, 5.74) is 1.47. The van der Waals surface area contributed by atoms with Crippen LogP contribution in [0.25, 0.3) is 0 Å². The number of hydrogen-bond donors (Lipinski definition) is 1. The summed E-state index contributed by atoms with van der Waals surface area (Å²) in [6, 6.07) is 12.3. The van der Waals surface area contributed by atoms with Gasteiger partial charge in [0.05, 0.1) is 22.0 Å². The number of thioether (sulfide) groups is 1. The first kappa shape index (κ1) is 23.3. The van der Waals surface area contributed by atoms with E-state index in [9.17, 15) is 13.2 Å². The summed E-state index contributed by atoms with van der Waals surface area (Å²) in [7, 11) is -3.60. The molecular weight excluding hydrogens is 507 g/mol. The van der Waals surface area contributed by atoms with Gasteiger partial charge in [-0.25, -0.2) is 8.42 Å². The number of halogens is 3. The summed E-state index contributed by atoms with van der Waals surface area (Å²) >= 11 is 16.8. The van der Waals surface area contributed by atoms with Gasteiger partial charge >= 0.3 is 0 Å². The third-order valence-electron chi connectivity index (χ3n) is 3.63. The second-order valence-corrected chi connectivity index (χ2v) is 10.6. The van der Waals surface area contributed by atoms with Gasteiger partial charge in [0.25, 0.3) is 0 Å². The number of anilines is 1. The van der Waals surface area contributed by atoms with Gasteiger partial charge in [-0.05, 0) is 45.8 Å². The van der Waals surface area contributed by atoms with Crippen LogP contribution in [0.2, 0.25) is 10.0 Å². The minimum Gasteiger partial charge on any atom is -0.354 e. The maximum absolute atomic E-state index is 12.2. The molecular formula is C18H19BrCl2N2O3S2. The lowest BCUT2D eigenvalue weighted by Gasteiger charge is -2.23. The highest BCUT2D eigenvalue weighted by atomic mass is 79.9. The Balaban J connectivity index is 1.83. The molecule has 10 heteroatoms. The maximum atomic E-state index is 12.2. The molecule has 0 saturated heterocycles. The number of rotatable bonds is 9. The topological polar surface area (TPSA) is 66.5 Å². The standard InChI is InChI=1S/C18H19BrCl2N2O3S2/c1-28(25,26)23(17-5-3-2-4-14(17)19)11-18(24)22-8-9-27-12-13-6-7-15(20)16(21)10-13/h2-7,10H,8-9,11-12H2,1H3,(H,22,24). The van der Waals surface area contributed by atoms with Gasteiger partial charge in [-0.1, -0.05) is 41.4 Å². The van der Waals surface area contributed by atoms with Crippen LogP contribution in [0, 0.1) is 0 Å². The molecule has 1 amide bonds. The van der Waals surface area contributed by atoms with Gasteiger partial charge in [0.2, 0.25) is 15.9 Å². The quantitative estimate of drug-likeness (QED) is 0.487. The highest BCUT2D eigenvalue weighted by Gasteiger charge is 2.22. The lowest BCUT2D eigenvalue weighted by molar-refractivity contribution is -0.119. The van der Waals surface area contributed by atoms with Crippen LogP contribution in [-0.4, -0.2) is 39.4 Å². The van der Waals surface area contributed by atoms with Crippen LogP contribution in [-0.2, 0) is 20.6 Å². The number of benzene rings is 2. The molecule has 2 aromatic rings. The Kier molecular flexibility index (Phi) is 8.95. The van der Waals surface area contributed by atoms with Crippen molar-refractivity contribution in [2.75, 3.05) is 29.4 Å². The zero-order chi connectivity index (χ0) is 20.7. The number of carbonyl (C=O) groups is 1. The molecule has 0 radical (unpaired) electrons. The molecule has 0 unspecified atom stereocenters. The third kappa shape index (κ3) is 7.15. The zero-order valence-corrected chi connectivity index (χ0v) is 19.7. The molecule has 0 aromatic heterocycles. The molecule has 152 valence electrons. The van der Waals surface area contributed by atoms with Crippen LogP contribution in [0.15, 0.2) is 46.9 Å². The van der Waals surface area contributed by atoms with Crippen molar-refractivity contribution >= 4 is 72.5 Å². The molecule has 0 aliphatic carbocycles. The fourth-order valence-corrected chi connectivity index (χ4v) is 4.91. The van der Waals surface area contributed by atoms with Crippen LogP contribution in [0.3, 0.4) is 0 Å². The maximum Gasteiger partial charge on any atom is 0.240 e. The second kappa shape index (κ2) is 10.7. The summed E-state index contributed by atoms with van der Waals surface area (Å²) < 4.78 is 25.9. The van der Waals surface area contributed by atoms with E-state index in [2.05, 4.69) is 21.2 Å². The predicted octanol–water partition coefficient (Wildman–Crippen LogP) is 4.57. The molecule has 0 atom stereocenters. The van der Waals surface area contributed by atoms with E-state index in [1.54, 1.807) is 42.1 Å². The van der Waals surface area contributed by atoms with Gasteiger partial charge in [-0.15, -0.1) is 0 Å². The van der Waals surface area contributed by atoms with Gasteiger partial charge in [0.1, 0.15) is 6.54 Å². The SMILES string of the molecule is CS(=O)(=O)N(CC(=O)NCCSCc1ccc(Cl)c(Cl)c1)c1ccccc1Br. The Morgan fingerprint density at radius 2 is 1.89 bits per heavy atom. The van der Waals surface area contributed by atoms with Gasteiger partial charge in [0, 0.05) is 22.5 Å². The first-order valence-corrected chi connectivity index (χ1v) is 12.7. The number of para-hydroxylation sites is 1. The van der Waals surface area contributed by atoms with E-state index >= 15 is 0 Å². The number of nitrogens with one attached hydrogen (secondary N) is 1. The van der Waals surface area contributed by atoms with E-state index in [1.165, 1.54) is 0 Å². The fraction of sp³-hybridized carbons (Fsp3) is 0.278. The molecule has 0 spiro atoms. The van der Waals surface area contributed by atoms with Crippen molar-refractivity contribution in [1.82, 2.24) is 5.32 Å². The molecule has 0 aliphatic rings. The van der Waals surface area contributed by atoms with E-state index < -0.39 is 10.0 Å². The average molecular weight is 526 g/mol. The number of amides is 1. The monoisotopic (exact) mass is 524 g/mol. The Bertz CT molecular complexity index is 942. The van der Waals surface area contributed by atoms with E-state index in [0.717, 1.165) is 21.9 Å². The van der Waals surface area contributed by atoms with Crippen LogP contribution >= 0.6 is 50.9 Å². The molecule has 5 nitrogen and oxygen atoms in total. The lowest BCUT2D eigenvalue weighted by atomic mass is 10.2. The van der Waals surface area contributed by atoms with E-state index in [-0.39, 0.29) is 12.5 Å². The Hall–Kier alpha value is -0.930. The van der Waals surface area contributed by atoms with E-state index in [1.807, 2.05) is 12.1 Å². The van der Waals surface area contributed by atoms with Crippen LogP contribution < -0.4 is 9.62 Å². The zero-order valence-electron chi connectivity index (χ0n) is 15.0. The molecule has 2 aromatic carbocycles. The highest BCUT2D eigenvalue weighted by molar-refractivity contribution is 9.10. The van der Waals surface area contributed by atoms with Crippen molar-refractivity contribution < 1.29 is 13.2 Å². The molecule has 0 aliphatic heterocycles. The molecule has 1 N–H and O–H groups in total. The number of sulfonamides is 1. The van der Waals surface area contributed by atoms with E-state index in [4.69, 9.17) is 23.2 Å².